The molecule has 26 heavy (non-hydrogen) atoms. The maximum absolute atomic E-state index is 12.4. The molecule has 0 aromatic carbocycles. The molecule has 0 radical (unpaired) electrons. The smallest absolute Gasteiger partial charge is 0.413 e. The Labute approximate surface area is 153 Å². The van der Waals surface area contributed by atoms with Crippen LogP contribution in [-0.4, -0.2) is 66.0 Å². The number of methoxy groups -OCH3 is 1. The number of carbonyl (C=O) groups excluding carboxylic acids is 3. The minimum atomic E-state index is -0.602. The topological polar surface area (TPSA) is 105 Å². The van der Waals surface area contributed by atoms with E-state index in [0.717, 1.165) is 0 Å². The highest BCUT2D eigenvalue weighted by Crippen LogP contribution is 2.17. The summed E-state index contributed by atoms with van der Waals surface area (Å²) in [5, 5.41) is 4.57. The highest BCUT2D eigenvalue weighted by Gasteiger charge is 2.26. The number of hydrogen-bond acceptors (Lipinski definition) is 7. The van der Waals surface area contributed by atoms with Crippen molar-refractivity contribution in [2.75, 3.05) is 38.6 Å². The predicted molar refractivity (Wildman–Crippen MR) is 93.0 cm³/mol. The predicted octanol–water partition coefficient (Wildman–Crippen LogP) is 1.44. The maximum atomic E-state index is 12.4. The van der Waals surface area contributed by atoms with Gasteiger partial charge in [-0.05, 0) is 12.1 Å². The second-order valence-electron chi connectivity index (χ2n) is 5.59. The van der Waals surface area contributed by atoms with Gasteiger partial charge in [-0.25, -0.2) is 9.78 Å². The van der Waals surface area contributed by atoms with Gasteiger partial charge in [-0.15, -0.1) is 11.3 Å². The third kappa shape index (κ3) is 4.20. The van der Waals surface area contributed by atoms with Crippen LogP contribution in [-0.2, 0) is 16.0 Å². The van der Waals surface area contributed by atoms with E-state index in [0.29, 0.717) is 42.8 Å². The summed E-state index contributed by atoms with van der Waals surface area (Å²) < 4.78 is 9.62. The fourth-order valence-electron chi connectivity index (χ4n) is 2.57. The summed E-state index contributed by atoms with van der Waals surface area (Å²) in [7, 11) is 1.27. The Bertz CT molecular complexity index is 780. The first-order valence-corrected chi connectivity index (χ1v) is 8.84. The fourth-order valence-corrected chi connectivity index (χ4v) is 3.26. The molecule has 1 saturated heterocycles. The largest absolute Gasteiger partial charge is 0.459 e. The molecule has 3 rings (SSSR count). The number of nitrogens with zero attached hydrogens (tertiary/aromatic N) is 3. The average Bonchev–Trinajstić information content (AvgIpc) is 3.33. The second kappa shape index (κ2) is 8.00. The number of anilines is 1. The molecule has 2 aromatic heterocycles. The molecular formula is C16H18N4O5S. The average molecular weight is 378 g/mol. The molecular weight excluding hydrogens is 360 g/mol. The van der Waals surface area contributed by atoms with Gasteiger partial charge < -0.3 is 19.0 Å². The molecule has 0 aliphatic carbocycles. The van der Waals surface area contributed by atoms with E-state index in [1.54, 1.807) is 27.3 Å². The zero-order chi connectivity index (χ0) is 18.5. The lowest BCUT2D eigenvalue weighted by Gasteiger charge is -2.34. The lowest BCUT2D eigenvalue weighted by molar-refractivity contribution is -0.132. The summed E-state index contributed by atoms with van der Waals surface area (Å²) in [6.45, 7) is 1.83. The Morgan fingerprint density at radius 1 is 1.27 bits per heavy atom. The molecule has 1 N–H and O–H groups in total. The zero-order valence-electron chi connectivity index (χ0n) is 14.1. The normalized spacial score (nSPS) is 14.2. The number of thiazole rings is 1. The van der Waals surface area contributed by atoms with E-state index in [1.807, 2.05) is 0 Å². The minimum Gasteiger partial charge on any atom is -0.459 e. The first-order valence-electron chi connectivity index (χ1n) is 7.96. The van der Waals surface area contributed by atoms with Gasteiger partial charge >= 0.3 is 6.09 Å². The van der Waals surface area contributed by atoms with Gasteiger partial charge in [0.05, 0.1) is 25.5 Å². The van der Waals surface area contributed by atoms with Crippen molar-refractivity contribution in [2.45, 2.75) is 6.42 Å². The molecule has 3 heterocycles. The second-order valence-corrected chi connectivity index (χ2v) is 6.45. The van der Waals surface area contributed by atoms with Crippen molar-refractivity contribution in [2.24, 2.45) is 0 Å². The van der Waals surface area contributed by atoms with Crippen molar-refractivity contribution in [3.8, 4) is 0 Å². The fraction of sp³-hybridized carbons (Fsp3) is 0.375. The lowest BCUT2D eigenvalue weighted by Crippen LogP contribution is -2.50. The van der Waals surface area contributed by atoms with E-state index in [2.05, 4.69) is 15.0 Å². The summed E-state index contributed by atoms with van der Waals surface area (Å²) in [5.41, 5.74) is 0.584. The number of carbonyl (C=O) groups is 3. The number of amides is 3. The molecule has 0 unspecified atom stereocenters. The number of nitrogens with one attached hydrogen (secondary N) is 1. The van der Waals surface area contributed by atoms with Crippen LogP contribution in [0, 0.1) is 0 Å². The molecule has 1 aliphatic rings. The minimum absolute atomic E-state index is 0.0648. The van der Waals surface area contributed by atoms with Crippen LogP contribution in [0.4, 0.5) is 9.93 Å². The van der Waals surface area contributed by atoms with E-state index < -0.39 is 6.09 Å². The highest BCUT2D eigenvalue weighted by molar-refractivity contribution is 7.13. The number of hydrogen-bond donors (Lipinski definition) is 1. The number of ether oxygens (including phenoxy) is 1. The van der Waals surface area contributed by atoms with E-state index in [1.165, 1.54) is 24.7 Å². The Morgan fingerprint density at radius 2 is 2.00 bits per heavy atom. The summed E-state index contributed by atoms with van der Waals surface area (Å²) in [4.78, 5) is 43.4. The van der Waals surface area contributed by atoms with Crippen LogP contribution in [0.3, 0.4) is 0 Å². The molecule has 138 valence electrons. The molecule has 3 amide bonds. The summed E-state index contributed by atoms with van der Waals surface area (Å²) in [5.74, 6) is 0.0722. The molecule has 1 aliphatic heterocycles. The van der Waals surface area contributed by atoms with E-state index >= 15 is 0 Å². The Balaban J connectivity index is 1.49. The van der Waals surface area contributed by atoms with Crippen molar-refractivity contribution in [1.29, 1.82) is 0 Å². The van der Waals surface area contributed by atoms with Gasteiger partial charge in [-0.1, -0.05) is 0 Å². The van der Waals surface area contributed by atoms with Gasteiger partial charge in [-0.2, -0.15) is 0 Å². The number of aromatic nitrogens is 1. The lowest BCUT2D eigenvalue weighted by atomic mass is 10.2. The standard InChI is InChI=1S/C16H18N4O5S/c1-24-16(23)18-15-17-11(10-26-15)9-13(21)19-4-6-20(7-5-19)14(22)12-3-2-8-25-12/h2-3,8,10H,4-7,9H2,1H3,(H,17,18,23). The molecule has 1 fully saturated rings. The third-order valence-electron chi connectivity index (χ3n) is 3.93. The highest BCUT2D eigenvalue weighted by atomic mass is 32.1. The van der Waals surface area contributed by atoms with Gasteiger partial charge in [0.15, 0.2) is 10.9 Å². The number of furan rings is 1. The molecule has 0 atom stereocenters. The van der Waals surface area contributed by atoms with Crippen LogP contribution in [0.1, 0.15) is 16.2 Å². The Kier molecular flexibility index (Phi) is 5.52. The molecule has 9 nitrogen and oxygen atoms in total. The first kappa shape index (κ1) is 17.9. The first-order chi connectivity index (χ1) is 12.6. The van der Waals surface area contributed by atoms with E-state index in [-0.39, 0.29) is 18.2 Å². The molecule has 0 saturated carbocycles. The van der Waals surface area contributed by atoms with Crippen LogP contribution in [0.2, 0.25) is 0 Å². The maximum Gasteiger partial charge on any atom is 0.413 e. The third-order valence-corrected chi connectivity index (χ3v) is 4.74. The van der Waals surface area contributed by atoms with Gasteiger partial charge in [-0.3, -0.25) is 14.9 Å². The number of piperazine rings is 1. The van der Waals surface area contributed by atoms with Gasteiger partial charge in [0.1, 0.15) is 0 Å². The van der Waals surface area contributed by atoms with Crippen LogP contribution >= 0.6 is 11.3 Å². The summed E-state index contributed by atoms with van der Waals surface area (Å²) in [6, 6.07) is 3.30. The van der Waals surface area contributed by atoms with Gasteiger partial charge in [0.25, 0.3) is 5.91 Å². The Morgan fingerprint density at radius 3 is 2.65 bits per heavy atom. The summed E-state index contributed by atoms with van der Waals surface area (Å²) >= 11 is 1.23. The van der Waals surface area contributed by atoms with Crippen LogP contribution < -0.4 is 5.32 Å². The van der Waals surface area contributed by atoms with Crippen LogP contribution in [0.25, 0.3) is 0 Å². The van der Waals surface area contributed by atoms with E-state index in [4.69, 9.17) is 4.42 Å². The summed E-state index contributed by atoms with van der Waals surface area (Å²) in [6.07, 6.45) is 1.00. The SMILES string of the molecule is COC(=O)Nc1nc(CC(=O)N2CCN(C(=O)c3ccco3)CC2)cs1. The van der Waals surface area contributed by atoms with Crippen molar-refractivity contribution in [3.05, 3.63) is 35.2 Å². The monoisotopic (exact) mass is 378 g/mol. The molecule has 10 heteroatoms. The quantitative estimate of drug-likeness (QED) is 0.863. The molecule has 0 bridgehead atoms. The molecule has 2 aromatic rings. The van der Waals surface area contributed by atoms with Crippen molar-refractivity contribution in [3.63, 3.8) is 0 Å². The van der Waals surface area contributed by atoms with Crippen LogP contribution in [0.15, 0.2) is 28.2 Å². The van der Waals surface area contributed by atoms with Crippen molar-refractivity contribution >= 4 is 34.4 Å². The molecule has 0 spiro atoms. The van der Waals surface area contributed by atoms with Crippen molar-refractivity contribution in [1.82, 2.24) is 14.8 Å². The Hall–Kier alpha value is -2.88. The number of rotatable bonds is 4. The van der Waals surface area contributed by atoms with Gasteiger partial charge in [0.2, 0.25) is 5.91 Å². The van der Waals surface area contributed by atoms with Crippen molar-refractivity contribution < 1.29 is 23.5 Å². The van der Waals surface area contributed by atoms with Gasteiger partial charge in [0, 0.05) is 31.6 Å². The zero-order valence-corrected chi connectivity index (χ0v) is 15.0. The van der Waals surface area contributed by atoms with E-state index in [9.17, 15) is 14.4 Å². The van der Waals surface area contributed by atoms with Crippen LogP contribution in [0.5, 0.6) is 0 Å².